The fraction of sp³-hybridized carbons (Fsp3) is 0.0909. The van der Waals surface area contributed by atoms with E-state index in [4.69, 9.17) is 0 Å². The summed E-state index contributed by atoms with van der Waals surface area (Å²) < 4.78 is 0. The molecule has 4 nitrogen and oxygen atoms in total. The largest absolute Gasteiger partial charge is 0.350 e. The Morgan fingerprint density at radius 3 is 1.77 bits per heavy atom. The summed E-state index contributed by atoms with van der Waals surface area (Å²) in [6, 6.07) is 27.7. The lowest BCUT2D eigenvalue weighted by Crippen LogP contribution is -2.38. The Labute approximate surface area is 153 Å². The number of hydrogen-bond acceptors (Lipinski definition) is 2. The van der Waals surface area contributed by atoms with Crippen molar-refractivity contribution in [2.24, 2.45) is 0 Å². The third-order valence-corrected chi connectivity index (χ3v) is 3.99. The van der Waals surface area contributed by atoms with Crippen molar-refractivity contribution in [3.05, 3.63) is 102 Å². The molecule has 0 heterocycles. The number of nitrogens with zero attached hydrogens (tertiary/aromatic N) is 1. The van der Waals surface area contributed by atoms with Crippen LogP contribution < -0.4 is 10.2 Å². The van der Waals surface area contributed by atoms with Crippen LogP contribution in [0.1, 0.15) is 20.7 Å². The molecule has 0 aromatic heterocycles. The van der Waals surface area contributed by atoms with Crippen molar-refractivity contribution >= 4 is 17.5 Å². The molecule has 3 aromatic rings. The van der Waals surface area contributed by atoms with Crippen molar-refractivity contribution in [3.63, 3.8) is 0 Å². The van der Waals surface area contributed by atoms with Gasteiger partial charge in [-0.15, -0.1) is 0 Å². The molecule has 0 bridgehead atoms. The Bertz CT molecular complexity index is 849. The Morgan fingerprint density at radius 2 is 1.19 bits per heavy atom. The maximum Gasteiger partial charge on any atom is 0.258 e. The SMILES string of the molecule is O=C(NCCN(C(=O)c1ccccc1)c1ccccc1)c1ccccc1. The van der Waals surface area contributed by atoms with Gasteiger partial charge < -0.3 is 10.2 Å². The van der Waals surface area contributed by atoms with Crippen molar-refractivity contribution in [1.82, 2.24) is 5.32 Å². The molecule has 0 saturated heterocycles. The molecule has 0 spiro atoms. The molecule has 0 unspecified atom stereocenters. The molecule has 1 N–H and O–H groups in total. The third kappa shape index (κ3) is 4.36. The molecule has 0 fully saturated rings. The zero-order valence-corrected chi connectivity index (χ0v) is 14.3. The van der Waals surface area contributed by atoms with Gasteiger partial charge in [0.15, 0.2) is 0 Å². The van der Waals surface area contributed by atoms with E-state index in [0.717, 1.165) is 5.69 Å². The molecule has 2 amide bonds. The molecule has 3 aromatic carbocycles. The van der Waals surface area contributed by atoms with Gasteiger partial charge >= 0.3 is 0 Å². The summed E-state index contributed by atoms with van der Waals surface area (Å²) in [4.78, 5) is 26.8. The van der Waals surface area contributed by atoms with E-state index < -0.39 is 0 Å². The Kier molecular flexibility index (Phi) is 5.78. The molecule has 4 heteroatoms. The van der Waals surface area contributed by atoms with Gasteiger partial charge in [0, 0.05) is 29.9 Å². The zero-order chi connectivity index (χ0) is 18.2. The first-order chi connectivity index (χ1) is 12.8. The summed E-state index contributed by atoms with van der Waals surface area (Å²) in [6.07, 6.45) is 0. The second-order valence-electron chi connectivity index (χ2n) is 5.78. The van der Waals surface area contributed by atoms with Crippen LogP contribution in [0.4, 0.5) is 5.69 Å². The van der Waals surface area contributed by atoms with Gasteiger partial charge in [-0.3, -0.25) is 9.59 Å². The van der Waals surface area contributed by atoms with Gasteiger partial charge in [0.25, 0.3) is 11.8 Å². The van der Waals surface area contributed by atoms with E-state index in [1.54, 1.807) is 29.2 Å². The fourth-order valence-corrected chi connectivity index (χ4v) is 2.67. The van der Waals surface area contributed by atoms with E-state index in [-0.39, 0.29) is 11.8 Å². The second-order valence-corrected chi connectivity index (χ2v) is 5.78. The first kappa shape index (κ1) is 17.4. The summed E-state index contributed by atoms with van der Waals surface area (Å²) in [6.45, 7) is 0.748. The van der Waals surface area contributed by atoms with Crippen molar-refractivity contribution in [3.8, 4) is 0 Å². The monoisotopic (exact) mass is 344 g/mol. The Balaban J connectivity index is 1.70. The third-order valence-electron chi connectivity index (χ3n) is 3.99. The summed E-state index contributed by atoms with van der Waals surface area (Å²) in [5, 5.41) is 2.87. The summed E-state index contributed by atoms with van der Waals surface area (Å²) in [5.41, 5.74) is 2.02. The maximum atomic E-state index is 12.9. The summed E-state index contributed by atoms with van der Waals surface area (Å²) in [7, 11) is 0. The highest BCUT2D eigenvalue weighted by Gasteiger charge is 2.17. The number of hydrogen-bond donors (Lipinski definition) is 1. The highest BCUT2D eigenvalue weighted by atomic mass is 16.2. The topological polar surface area (TPSA) is 49.4 Å². The van der Waals surface area contributed by atoms with E-state index in [0.29, 0.717) is 24.2 Å². The standard InChI is InChI=1S/C22H20N2O2/c25-21(18-10-4-1-5-11-18)23-16-17-24(20-14-8-3-9-15-20)22(26)19-12-6-2-7-13-19/h1-15H,16-17H2,(H,23,25). The number of anilines is 1. The van der Waals surface area contributed by atoms with Crippen molar-refractivity contribution in [1.29, 1.82) is 0 Å². The minimum atomic E-state index is -0.147. The van der Waals surface area contributed by atoms with Gasteiger partial charge in [-0.2, -0.15) is 0 Å². The molecular formula is C22H20N2O2. The predicted octanol–water partition coefficient (Wildman–Crippen LogP) is 3.76. The summed E-state index contributed by atoms with van der Waals surface area (Å²) >= 11 is 0. The normalized spacial score (nSPS) is 10.2. The summed E-state index contributed by atoms with van der Waals surface area (Å²) in [5.74, 6) is -0.239. The maximum absolute atomic E-state index is 12.9. The molecule has 0 saturated carbocycles. The predicted molar refractivity (Wildman–Crippen MR) is 103 cm³/mol. The van der Waals surface area contributed by atoms with Crippen LogP contribution in [0, 0.1) is 0 Å². The lowest BCUT2D eigenvalue weighted by Gasteiger charge is -2.23. The number of carbonyl (C=O) groups excluding carboxylic acids is 2. The molecule has 0 aliphatic carbocycles. The highest BCUT2D eigenvalue weighted by Crippen LogP contribution is 2.16. The minimum absolute atomic E-state index is 0.0919. The van der Waals surface area contributed by atoms with Crippen LogP contribution in [0.15, 0.2) is 91.0 Å². The number of rotatable bonds is 6. The van der Waals surface area contributed by atoms with Gasteiger partial charge in [0.1, 0.15) is 0 Å². The van der Waals surface area contributed by atoms with Crippen molar-refractivity contribution in [2.45, 2.75) is 0 Å². The zero-order valence-electron chi connectivity index (χ0n) is 14.3. The Hall–Kier alpha value is -3.40. The molecule has 0 radical (unpaired) electrons. The van der Waals surface area contributed by atoms with E-state index in [1.165, 1.54) is 0 Å². The molecule has 0 atom stereocenters. The van der Waals surface area contributed by atoms with E-state index in [9.17, 15) is 9.59 Å². The average Bonchev–Trinajstić information content (AvgIpc) is 2.72. The van der Waals surface area contributed by atoms with Gasteiger partial charge in [-0.05, 0) is 36.4 Å². The fourth-order valence-electron chi connectivity index (χ4n) is 2.67. The van der Waals surface area contributed by atoms with Crippen LogP contribution in [0.2, 0.25) is 0 Å². The van der Waals surface area contributed by atoms with Crippen LogP contribution in [0.25, 0.3) is 0 Å². The van der Waals surface area contributed by atoms with E-state index in [1.807, 2.05) is 66.7 Å². The lowest BCUT2D eigenvalue weighted by atomic mass is 10.1. The number of nitrogens with one attached hydrogen (secondary N) is 1. The lowest BCUT2D eigenvalue weighted by molar-refractivity contribution is 0.0943. The van der Waals surface area contributed by atoms with Gasteiger partial charge in [-0.25, -0.2) is 0 Å². The van der Waals surface area contributed by atoms with Crippen LogP contribution in [0.5, 0.6) is 0 Å². The quantitative estimate of drug-likeness (QED) is 0.740. The van der Waals surface area contributed by atoms with E-state index >= 15 is 0 Å². The smallest absolute Gasteiger partial charge is 0.258 e. The van der Waals surface area contributed by atoms with Crippen molar-refractivity contribution in [2.75, 3.05) is 18.0 Å². The van der Waals surface area contributed by atoms with Gasteiger partial charge in [0.2, 0.25) is 0 Å². The number of benzene rings is 3. The molecule has 3 rings (SSSR count). The van der Waals surface area contributed by atoms with Crippen LogP contribution >= 0.6 is 0 Å². The first-order valence-electron chi connectivity index (χ1n) is 8.51. The number of amides is 2. The van der Waals surface area contributed by atoms with Crippen LogP contribution in [0.3, 0.4) is 0 Å². The minimum Gasteiger partial charge on any atom is -0.350 e. The van der Waals surface area contributed by atoms with E-state index in [2.05, 4.69) is 5.32 Å². The number of carbonyl (C=O) groups is 2. The molecule has 26 heavy (non-hydrogen) atoms. The highest BCUT2D eigenvalue weighted by molar-refractivity contribution is 6.06. The van der Waals surface area contributed by atoms with Crippen molar-refractivity contribution < 1.29 is 9.59 Å². The van der Waals surface area contributed by atoms with Crippen LogP contribution in [-0.4, -0.2) is 24.9 Å². The second kappa shape index (κ2) is 8.62. The Morgan fingerprint density at radius 1 is 0.692 bits per heavy atom. The van der Waals surface area contributed by atoms with Gasteiger partial charge in [-0.1, -0.05) is 54.6 Å². The number of para-hydroxylation sites is 1. The average molecular weight is 344 g/mol. The molecule has 0 aliphatic heterocycles. The molecule has 0 aliphatic rings. The van der Waals surface area contributed by atoms with Crippen LogP contribution in [-0.2, 0) is 0 Å². The molecular weight excluding hydrogens is 324 g/mol. The first-order valence-corrected chi connectivity index (χ1v) is 8.51. The van der Waals surface area contributed by atoms with Gasteiger partial charge in [0.05, 0.1) is 0 Å². The molecule has 130 valence electrons.